The Morgan fingerprint density at radius 3 is 2.73 bits per heavy atom. The van der Waals surface area contributed by atoms with Crippen molar-refractivity contribution in [2.75, 3.05) is 38.6 Å². The van der Waals surface area contributed by atoms with Crippen molar-refractivity contribution in [2.24, 2.45) is 0 Å². The Bertz CT molecular complexity index is 612. The first-order valence-corrected chi connectivity index (χ1v) is 8.28. The van der Waals surface area contributed by atoms with Crippen LogP contribution in [0.4, 0.5) is 5.13 Å². The number of hydrogen-bond donors (Lipinski definition) is 1. The lowest BCUT2D eigenvalue weighted by molar-refractivity contribution is 0.0714. The van der Waals surface area contributed by atoms with Gasteiger partial charge in [-0.3, -0.25) is 4.79 Å². The second kappa shape index (κ2) is 7.79. The molecule has 22 heavy (non-hydrogen) atoms. The summed E-state index contributed by atoms with van der Waals surface area (Å²) in [6.07, 6.45) is 0. The predicted octanol–water partition coefficient (Wildman–Crippen LogP) is 2.70. The number of carbonyl (C=O) groups is 1. The van der Waals surface area contributed by atoms with Crippen LogP contribution in [0.15, 0.2) is 6.07 Å². The molecule has 3 heterocycles. The monoisotopic (exact) mass is 382 g/mol. The first-order chi connectivity index (χ1) is 9.54. The molecule has 2 aromatic rings. The molecule has 1 aliphatic rings. The van der Waals surface area contributed by atoms with Crippen molar-refractivity contribution >= 4 is 68.1 Å². The summed E-state index contributed by atoms with van der Waals surface area (Å²) >= 11 is 3.13. The number of rotatable bonds is 2. The Kier molecular flexibility index (Phi) is 6.88. The number of piperazine rings is 1. The van der Waals surface area contributed by atoms with E-state index in [-0.39, 0.29) is 30.7 Å². The molecule has 0 spiro atoms. The van der Waals surface area contributed by atoms with E-state index < -0.39 is 0 Å². The molecule has 1 atom stereocenters. The van der Waals surface area contributed by atoms with E-state index in [1.165, 1.54) is 11.3 Å². The number of halogens is 2. The molecule has 9 heteroatoms. The third-order valence-corrected chi connectivity index (χ3v) is 5.64. The number of amides is 1. The maximum Gasteiger partial charge on any atom is 0.264 e. The summed E-state index contributed by atoms with van der Waals surface area (Å²) in [5.41, 5.74) is 0. The van der Waals surface area contributed by atoms with E-state index in [2.05, 4.69) is 17.2 Å². The highest BCUT2D eigenvalue weighted by atomic mass is 35.5. The molecule has 1 aliphatic heterocycles. The zero-order chi connectivity index (χ0) is 14.3. The second-order valence-electron chi connectivity index (χ2n) is 5.28. The Labute approximate surface area is 150 Å². The van der Waals surface area contributed by atoms with Gasteiger partial charge in [-0.05, 0) is 13.0 Å². The van der Waals surface area contributed by atoms with Crippen LogP contribution in [0, 0.1) is 0 Å². The molecule has 1 N–H and O–H groups in total. The molecular weight excluding hydrogens is 363 g/mol. The number of thiophene rings is 1. The fourth-order valence-electron chi connectivity index (χ4n) is 2.29. The lowest BCUT2D eigenvalue weighted by atomic mass is 10.2. The summed E-state index contributed by atoms with van der Waals surface area (Å²) in [6, 6.07) is 2.35. The van der Waals surface area contributed by atoms with E-state index in [0.717, 1.165) is 39.2 Å². The highest BCUT2D eigenvalue weighted by Crippen LogP contribution is 2.34. The van der Waals surface area contributed by atoms with Crippen molar-refractivity contribution in [1.29, 1.82) is 0 Å². The topological polar surface area (TPSA) is 48.5 Å². The van der Waals surface area contributed by atoms with E-state index in [4.69, 9.17) is 0 Å². The fourth-order valence-corrected chi connectivity index (χ4v) is 4.39. The number of aromatic nitrogens is 1. The maximum atomic E-state index is 12.5. The normalized spacial score (nSPS) is 17.8. The average molecular weight is 383 g/mol. The minimum Gasteiger partial charge on any atom is -0.354 e. The molecule has 0 saturated carbocycles. The molecule has 5 nitrogen and oxygen atoms in total. The van der Waals surface area contributed by atoms with Gasteiger partial charge in [-0.2, -0.15) is 0 Å². The molecule has 2 aromatic heterocycles. The van der Waals surface area contributed by atoms with Gasteiger partial charge in [0.05, 0.1) is 9.58 Å². The van der Waals surface area contributed by atoms with Crippen LogP contribution in [0.25, 0.3) is 9.53 Å². The SMILES string of the molecule is CC1CN(C(=O)c2cc3sc(N(C)C)nc3s2)CCN1.Cl.Cl. The van der Waals surface area contributed by atoms with E-state index in [1.54, 1.807) is 11.3 Å². The first-order valence-electron chi connectivity index (χ1n) is 6.65. The number of carbonyl (C=O) groups excluding carboxylic acids is 1. The van der Waals surface area contributed by atoms with Gasteiger partial charge in [0, 0.05) is 39.8 Å². The number of thiazole rings is 1. The Morgan fingerprint density at radius 1 is 1.41 bits per heavy atom. The number of nitrogens with zero attached hydrogens (tertiary/aromatic N) is 3. The number of fused-ring (bicyclic) bond motifs is 1. The Morgan fingerprint density at radius 2 is 2.14 bits per heavy atom. The quantitative estimate of drug-likeness (QED) is 0.867. The van der Waals surface area contributed by atoms with Gasteiger partial charge in [0.2, 0.25) is 0 Å². The van der Waals surface area contributed by atoms with Gasteiger partial charge in [-0.1, -0.05) is 11.3 Å². The van der Waals surface area contributed by atoms with Crippen LogP contribution in [0.2, 0.25) is 0 Å². The molecular formula is C13H20Cl2N4OS2. The van der Waals surface area contributed by atoms with Crippen molar-refractivity contribution in [3.63, 3.8) is 0 Å². The fraction of sp³-hybridized carbons (Fsp3) is 0.538. The van der Waals surface area contributed by atoms with Gasteiger partial charge in [-0.25, -0.2) is 4.98 Å². The highest BCUT2D eigenvalue weighted by molar-refractivity contribution is 7.29. The van der Waals surface area contributed by atoms with E-state index >= 15 is 0 Å². The minimum absolute atomic E-state index is 0. The van der Waals surface area contributed by atoms with Crippen molar-refractivity contribution < 1.29 is 4.79 Å². The van der Waals surface area contributed by atoms with Gasteiger partial charge in [-0.15, -0.1) is 36.2 Å². The summed E-state index contributed by atoms with van der Waals surface area (Å²) in [5, 5.41) is 4.34. The number of nitrogens with one attached hydrogen (secondary N) is 1. The largest absolute Gasteiger partial charge is 0.354 e. The number of anilines is 1. The van der Waals surface area contributed by atoms with Gasteiger partial charge in [0.25, 0.3) is 5.91 Å². The van der Waals surface area contributed by atoms with E-state index in [1.807, 2.05) is 30.0 Å². The zero-order valence-electron chi connectivity index (χ0n) is 12.7. The number of hydrogen-bond acceptors (Lipinski definition) is 6. The van der Waals surface area contributed by atoms with Gasteiger partial charge in [0.1, 0.15) is 4.83 Å². The summed E-state index contributed by atoms with van der Waals surface area (Å²) in [5.74, 6) is 0.139. The van der Waals surface area contributed by atoms with Gasteiger partial charge in [0.15, 0.2) is 5.13 Å². The van der Waals surface area contributed by atoms with Gasteiger partial charge >= 0.3 is 0 Å². The summed E-state index contributed by atoms with van der Waals surface area (Å²) in [6.45, 7) is 4.54. The van der Waals surface area contributed by atoms with Crippen LogP contribution >= 0.6 is 47.5 Å². The van der Waals surface area contributed by atoms with Crippen LogP contribution in [-0.4, -0.2) is 55.6 Å². The van der Waals surface area contributed by atoms with Crippen molar-refractivity contribution in [3.8, 4) is 0 Å². The lowest BCUT2D eigenvalue weighted by Crippen LogP contribution is -2.51. The smallest absolute Gasteiger partial charge is 0.264 e. The standard InChI is InChI=1S/C13H18N4OS2.2ClH/c1-8-7-17(5-4-14-8)12(18)10-6-9-11(19-10)15-13(20-9)16(2)3;;/h6,8,14H,4-5,7H2,1-3H3;2*1H. The molecule has 1 fully saturated rings. The van der Waals surface area contributed by atoms with Crippen LogP contribution in [-0.2, 0) is 0 Å². The lowest BCUT2D eigenvalue weighted by Gasteiger charge is -2.31. The van der Waals surface area contributed by atoms with E-state index in [0.29, 0.717) is 6.04 Å². The second-order valence-corrected chi connectivity index (χ2v) is 7.32. The summed E-state index contributed by atoms with van der Waals surface area (Å²) < 4.78 is 1.10. The third-order valence-electron chi connectivity index (χ3n) is 3.33. The van der Waals surface area contributed by atoms with Crippen LogP contribution in [0.5, 0.6) is 0 Å². The predicted molar refractivity (Wildman–Crippen MR) is 99.7 cm³/mol. The Balaban J connectivity index is 0.00000121. The van der Waals surface area contributed by atoms with Crippen LogP contribution < -0.4 is 10.2 Å². The minimum atomic E-state index is 0. The molecule has 1 amide bonds. The van der Waals surface area contributed by atoms with Crippen LogP contribution in [0.1, 0.15) is 16.6 Å². The van der Waals surface area contributed by atoms with Crippen LogP contribution in [0.3, 0.4) is 0 Å². The molecule has 0 bridgehead atoms. The molecule has 1 saturated heterocycles. The Hall–Kier alpha value is -0.600. The summed E-state index contributed by atoms with van der Waals surface area (Å²) in [4.78, 5) is 22.8. The summed E-state index contributed by atoms with van der Waals surface area (Å²) in [7, 11) is 3.97. The van der Waals surface area contributed by atoms with Crippen molar-refractivity contribution in [1.82, 2.24) is 15.2 Å². The van der Waals surface area contributed by atoms with Crippen molar-refractivity contribution in [3.05, 3.63) is 10.9 Å². The highest BCUT2D eigenvalue weighted by Gasteiger charge is 2.23. The molecule has 0 aliphatic carbocycles. The first kappa shape index (κ1) is 19.4. The zero-order valence-corrected chi connectivity index (χ0v) is 15.9. The maximum absolute atomic E-state index is 12.5. The molecule has 0 aromatic carbocycles. The molecule has 3 rings (SSSR count). The average Bonchev–Trinajstić information content (AvgIpc) is 2.95. The molecule has 0 radical (unpaired) electrons. The van der Waals surface area contributed by atoms with Crippen molar-refractivity contribution in [2.45, 2.75) is 13.0 Å². The molecule has 1 unspecified atom stereocenters. The van der Waals surface area contributed by atoms with Gasteiger partial charge < -0.3 is 15.1 Å². The van der Waals surface area contributed by atoms with E-state index in [9.17, 15) is 4.79 Å². The third kappa shape index (κ3) is 3.83. The molecule has 124 valence electrons.